The van der Waals surface area contributed by atoms with E-state index in [0.717, 1.165) is 38.5 Å². The summed E-state index contributed by atoms with van der Waals surface area (Å²) in [5.41, 5.74) is 0. The van der Waals surface area contributed by atoms with Crippen LogP contribution in [-0.2, 0) is 19.2 Å². The fourth-order valence-electron chi connectivity index (χ4n) is 2.64. The van der Waals surface area contributed by atoms with E-state index in [0.29, 0.717) is 0 Å². The molecule has 0 unspecified atom stereocenters. The topological polar surface area (TPSA) is 105 Å². The van der Waals surface area contributed by atoms with E-state index >= 15 is 0 Å². The number of hydrogen-bond donors (Lipinski definition) is 0. The third-order valence-corrected chi connectivity index (χ3v) is 4.66. The molecule has 2 aliphatic carbocycles. The molecule has 2 fully saturated rings. The molecule has 1 aromatic rings. The first-order valence-corrected chi connectivity index (χ1v) is 8.44. The predicted molar refractivity (Wildman–Crippen MR) is 85.8 cm³/mol. The van der Waals surface area contributed by atoms with Crippen LogP contribution in [0.1, 0.15) is 38.5 Å². The van der Waals surface area contributed by atoms with E-state index in [2.05, 4.69) is 0 Å². The van der Waals surface area contributed by atoms with Crippen molar-refractivity contribution in [3.05, 3.63) is 12.1 Å². The highest BCUT2D eigenvalue weighted by atomic mass is 16.6. The van der Waals surface area contributed by atoms with Gasteiger partial charge in [0.2, 0.25) is 0 Å². The number of ether oxygens (including phenoxy) is 4. The molecule has 138 valence electrons. The Bertz CT molecular complexity index is 657. The molecule has 0 spiro atoms. The zero-order valence-electron chi connectivity index (χ0n) is 14.0. The van der Waals surface area contributed by atoms with Crippen LogP contribution in [0.15, 0.2) is 12.1 Å². The van der Waals surface area contributed by atoms with E-state index in [4.69, 9.17) is 18.9 Å². The fraction of sp³-hybridized carbons (Fsp3) is 0.444. The molecular formula is C18H18O8. The maximum Gasteiger partial charge on any atom is 0.314 e. The molecule has 8 nitrogen and oxygen atoms in total. The molecule has 2 saturated carbocycles. The first-order valence-electron chi connectivity index (χ1n) is 8.44. The lowest BCUT2D eigenvalue weighted by Gasteiger charge is -2.25. The van der Waals surface area contributed by atoms with Crippen molar-refractivity contribution >= 4 is 24.9 Å². The quantitative estimate of drug-likeness (QED) is 0.394. The van der Waals surface area contributed by atoms with Crippen molar-refractivity contribution in [1.29, 1.82) is 0 Å². The lowest BCUT2D eigenvalue weighted by molar-refractivity contribution is -0.144. The second-order valence-electron chi connectivity index (χ2n) is 6.27. The summed E-state index contributed by atoms with van der Waals surface area (Å²) in [4.78, 5) is 45.6. The van der Waals surface area contributed by atoms with Crippen LogP contribution in [0.3, 0.4) is 0 Å². The van der Waals surface area contributed by atoms with Crippen molar-refractivity contribution in [2.45, 2.75) is 38.5 Å². The zero-order valence-corrected chi connectivity index (χ0v) is 14.0. The summed E-state index contributed by atoms with van der Waals surface area (Å²) in [5, 5.41) is 0. The average Bonchev–Trinajstić information content (AvgIpc) is 2.48. The van der Waals surface area contributed by atoms with Crippen LogP contribution in [0.5, 0.6) is 23.0 Å². The molecule has 0 amide bonds. The third-order valence-electron chi connectivity index (χ3n) is 4.66. The Morgan fingerprint density at radius 3 is 1.38 bits per heavy atom. The Morgan fingerprint density at radius 2 is 1.12 bits per heavy atom. The van der Waals surface area contributed by atoms with E-state index in [1.54, 1.807) is 0 Å². The molecule has 26 heavy (non-hydrogen) atoms. The Labute approximate surface area is 149 Å². The van der Waals surface area contributed by atoms with Gasteiger partial charge in [-0.1, -0.05) is 12.8 Å². The highest BCUT2D eigenvalue weighted by Crippen LogP contribution is 2.41. The first-order chi connectivity index (χ1) is 12.6. The molecule has 0 N–H and O–H groups in total. The number of hydrogen-bond acceptors (Lipinski definition) is 8. The van der Waals surface area contributed by atoms with Gasteiger partial charge in [-0.3, -0.25) is 19.2 Å². The van der Waals surface area contributed by atoms with E-state index in [9.17, 15) is 19.2 Å². The van der Waals surface area contributed by atoms with E-state index in [1.807, 2.05) is 0 Å². The van der Waals surface area contributed by atoms with Gasteiger partial charge in [0.05, 0.1) is 11.8 Å². The van der Waals surface area contributed by atoms with Crippen molar-refractivity contribution in [2.24, 2.45) is 11.8 Å². The monoisotopic (exact) mass is 362 g/mol. The van der Waals surface area contributed by atoms with Gasteiger partial charge in [-0.2, -0.15) is 0 Å². The van der Waals surface area contributed by atoms with Gasteiger partial charge in [0.25, 0.3) is 12.9 Å². The highest BCUT2D eigenvalue weighted by molar-refractivity contribution is 5.80. The summed E-state index contributed by atoms with van der Waals surface area (Å²) in [6.07, 6.45) is 4.85. The minimum atomic E-state index is -0.446. The molecule has 0 aliphatic heterocycles. The molecule has 2 aliphatic rings. The number of carbonyl (C=O) groups is 4. The third kappa shape index (κ3) is 3.84. The molecule has 0 atom stereocenters. The number of carbonyl (C=O) groups excluding carboxylic acids is 4. The molecule has 0 radical (unpaired) electrons. The highest BCUT2D eigenvalue weighted by Gasteiger charge is 2.31. The van der Waals surface area contributed by atoms with E-state index in [-0.39, 0.29) is 47.8 Å². The van der Waals surface area contributed by atoms with Crippen LogP contribution in [0.4, 0.5) is 0 Å². The molecule has 1 aromatic carbocycles. The second kappa shape index (κ2) is 7.99. The van der Waals surface area contributed by atoms with Gasteiger partial charge in [0.15, 0.2) is 23.0 Å². The van der Waals surface area contributed by atoms with Gasteiger partial charge in [0, 0.05) is 12.1 Å². The Morgan fingerprint density at radius 1 is 0.731 bits per heavy atom. The molecule has 8 heteroatoms. The Kier molecular flexibility index (Phi) is 5.50. The Balaban J connectivity index is 1.89. The van der Waals surface area contributed by atoms with Crippen LogP contribution in [0.25, 0.3) is 0 Å². The molecule has 0 heterocycles. The summed E-state index contributed by atoms with van der Waals surface area (Å²) in [6.45, 7) is 0.287. The molecule has 0 saturated heterocycles. The summed E-state index contributed by atoms with van der Waals surface area (Å²) < 4.78 is 20.2. The van der Waals surface area contributed by atoms with Crippen molar-refractivity contribution in [3.63, 3.8) is 0 Å². The normalized spacial score (nSPS) is 16.6. The summed E-state index contributed by atoms with van der Waals surface area (Å²) >= 11 is 0. The SMILES string of the molecule is O=COc1cc(OC(=O)C2CCC2)c(OC(=O)C2CCC2)cc1OC=O. The Hall–Kier alpha value is -2.90. The first kappa shape index (κ1) is 17.9. The summed E-state index contributed by atoms with van der Waals surface area (Å²) in [6, 6.07) is 2.38. The molecule has 3 rings (SSSR count). The van der Waals surface area contributed by atoms with E-state index < -0.39 is 11.9 Å². The van der Waals surface area contributed by atoms with Crippen LogP contribution in [-0.4, -0.2) is 24.9 Å². The predicted octanol–water partition coefficient (Wildman–Crippen LogP) is 2.17. The van der Waals surface area contributed by atoms with Crippen molar-refractivity contribution < 1.29 is 38.1 Å². The van der Waals surface area contributed by atoms with Crippen LogP contribution in [0, 0.1) is 11.8 Å². The van der Waals surface area contributed by atoms with Crippen molar-refractivity contribution in [2.75, 3.05) is 0 Å². The largest absolute Gasteiger partial charge is 0.425 e. The summed E-state index contributed by atoms with van der Waals surface area (Å²) in [7, 11) is 0. The smallest absolute Gasteiger partial charge is 0.314 e. The fourth-order valence-corrected chi connectivity index (χ4v) is 2.64. The van der Waals surface area contributed by atoms with Gasteiger partial charge < -0.3 is 18.9 Å². The van der Waals surface area contributed by atoms with Crippen LogP contribution < -0.4 is 18.9 Å². The van der Waals surface area contributed by atoms with Crippen molar-refractivity contribution in [1.82, 2.24) is 0 Å². The van der Waals surface area contributed by atoms with Gasteiger partial charge >= 0.3 is 11.9 Å². The maximum atomic E-state index is 12.2. The second-order valence-corrected chi connectivity index (χ2v) is 6.27. The number of rotatable bonds is 8. The summed E-state index contributed by atoms with van der Waals surface area (Å²) in [5.74, 6) is -1.69. The van der Waals surface area contributed by atoms with Gasteiger partial charge in [-0.15, -0.1) is 0 Å². The van der Waals surface area contributed by atoms with E-state index in [1.165, 1.54) is 12.1 Å². The average molecular weight is 362 g/mol. The molecule has 0 bridgehead atoms. The minimum Gasteiger partial charge on any atom is -0.425 e. The maximum absolute atomic E-state index is 12.2. The minimum absolute atomic E-state index is 0.0651. The lowest BCUT2D eigenvalue weighted by Crippen LogP contribution is -2.28. The standard InChI is InChI=1S/C18H18O8/c19-9-23-13-7-15(25-17(21)11-3-1-4-11)16(8-14(13)24-10-20)26-18(22)12-5-2-6-12/h7-12H,1-6H2. The van der Waals surface area contributed by atoms with Gasteiger partial charge in [-0.05, 0) is 25.7 Å². The van der Waals surface area contributed by atoms with Gasteiger partial charge in [-0.25, -0.2) is 0 Å². The van der Waals surface area contributed by atoms with Crippen LogP contribution >= 0.6 is 0 Å². The lowest BCUT2D eigenvalue weighted by atomic mass is 9.85. The van der Waals surface area contributed by atoms with Crippen molar-refractivity contribution in [3.8, 4) is 23.0 Å². The molecule has 0 aromatic heterocycles. The number of esters is 2. The zero-order chi connectivity index (χ0) is 18.5. The molecular weight excluding hydrogens is 344 g/mol. The number of benzene rings is 1. The van der Waals surface area contributed by atoms with Crippen LogP contribution in [0.2, 0.25) is 0 Å². The van der Waals surface area contributed by atoms with Gasteiger partial charge in [0.1, 0.15) is 0 Å².